The zero-order valence-corrected chi connectivity index (χ0v) is 14.4. The van der Waals surface area contributed by atoms with Crippen molar-refractivity contribution >= 4 is 0 Å². The van der Waals surface area contributed by atoms with Crippen LogP contribution in [-0.4, -0.2) is 84.7 Å². The molecule has 0 aromatic carbocycles. The van der Waals surface area contributed by atoms with Crippen LogP contribution in [0.15, 0.2) is 12.4 Å². The summed E-state index contributed by atoms with van der Waals surface area (Å²) < 4.78 is 0. The Morgan fingerprint density at radius 2 is 1.68 bits per heavy atom. The van der Waals surface area contributed by atoms with E-state index in [9.17, 15) is 20.4 Å². The van der Waals surface area contributed by atoms with E-state index in [1.54, 1.807) is 0 Å². The van der Waals surface area contributed by atoms with Crippen LogP contribution >= 0.6 is 0 Å². The Morgan fingerprint density at radius 3 is 2.20 bits per heavy atom. The van der Waals surface area contributed by atoms with Crippen molar-refractivity contribution in [2.24, 2.45) is 0 Å². The SMILES string of the molecule is CCCCN[C@H](Cc1cnc([C@@H](O)[C@H](O)[C@H](O)CO)cn1)[C@H](O)CO. The second kappa shape index (κ2) is 11.4. The van der Waals surface area contributed by atoms with Crippen molar-refractivity contribution in [1.82, 2.24) is 15.3 Å². The van der Waals surface area contributed by atoms with Crippen LogP contribution in [0.25, 0.3) is 0 Å². The summed E-state index contributed by atoms with van der Waals surface area (Å²) >= 11 is 0. The highest BCUT2D eigenvalue weighted by Gasteiger charge is 2.27. The van der Waals surface area contributed by atoms with Gasteiger partial charge in [0.25, 0.3) is 0 Å². The average molecular weight is 359 g/mol. The van der Waals surface area contributed by atoms with Crippen molar-refractivity contribution in [3.63, 3.8) is 0 Å². The van der Waals surface area contributed by atoms with E-state index in [2.05, 4.69) is 22.2 Å². The lowest BCUT2D eigenvalue weighted by Gasteiger charge is -2.23. The Bertz CT molecular complexity index is 475. The highest BCUT2D eigenvalue weighted by Crippen LogP contribution is 2.16. The maximum absolute atomic E-state index is 9.92. The van der Waals surface area contributed by atoms with Gasteiger partial charge in [0.15, 0.2) is 0 Å². The van der Waals surface area contributed by atoms with Crippen LogP contribution in [0.3, 0.4) is 0 Å². The van der Waals surface area contributed by atoms with Gasteiger partial charge in [0.05, 0.1) is 36.9 Å². The Morgan fingerprint density at radius 1 is 1.00 bits per heavy atom. The van der Waals surface area contributed by atoms with Gasteiger partial charge in [-0.25, -0.2) is 0 Å². The largest absolute Gasteiger partial charge is 0.394 e. The number of hydrogen-bond donors (Lipinski definition) is 7. The highest BCUT2D eigenvalue weighted by molar-refractivity contribution is 5.08. The maximum atomic E-state index is 9.92. The molecule has 0 bridgehead atoms. The summed E-state index contributed by atoms with van der Waals surface area (Å²) in [5.74, 6) is 0. The summed E-state index contributed by atoms with van der Waals surface area (Å²) in [5, 5.41) is 60.0. The molecular formula is C16H29N3O6. The van der Waals surface area contributed by atoms with E-state index >= 15 is 0 Å². The van der Waals surface area contributed by atoms with Crippen molar-refractivity contribution in [3.05, 3.63) is 23.8 Å². The van der Waals surface area contributed by atoms with Gasteiger partial charge in [-0.2, -0.15) is 0 Å². The predicted octanol–water partition coefficient (Wildman–Crippen LogP) is -2.12. The first-order valence-corrected chi connectivity index (χ1v) is 8.42. The van der Waals surface area contributed by atoms with Gasteiger partial charge in [-0.05, 0) is 13.0 Å². The molecule has 25 heavy (non-hydrogen) atoms. The fraction of sp³-hybridized carbons (Fsp3) is 0.750. The fourth-order valence-electron chi connectivity index (χ4n) is 2.28. The molecule has 144 valence electrons. The maximum Gasteiger partial charge on any atom is 0.126 e. The standard InChI is InChI=1S/C16H29N3O6/c1-2-3-4-17-11(13(22)8-20)5-10-6-19-12(7-18-10)15(24)16(25)14(23)9-21/h6-7,11,13-17,20-25H,2-5,8-9H2,1H3/t11-,13-,14-,15-,16-/m1/s1. The minimum Gasteiger partial charge on any atom is -0.394 e. The van der Waals surface area contributed by atoms with E-state index < -0.39 is 31.0 Å². The molecule has 1 aromatic heterocycles. The molecule has 7 N–H and O–H groups in total. The topological polar surface area (TPSA) is 159 Å². The lowest BCUT2D eigenvalue weighted by atomic mass is 10.0. The number of aromatic nitrogens is 2. The van der Waals surface area contributed by atoms with Crippen molar-refractivity contribution < 1.29 is 30.6 Å². The van der Waals surface area contributed by atoms with Crippen LogP contribution in [0.1, 0.15) is 37.3 Å². The molecule has 1 aromatic rings. The molecule has 0 aliphatic carbocycles. The van der Waals surface area contributed by atoms with Crippen molar-refractivity contribution in [3.8, 4) is 0 Å². The van der Waals surface area contributed by atoms with E-state index in [-0.39, 0.29) is 18.3 Å². The Balaban J connectivity index is 2.72. The third kappa shape index (κ3) is 6.90. The second-order valence-electron chi connectivity index (χ2n) is 5.99. The quantitative estimate of drug-likeness (QED) is 0.207. The van der Waals surface area contributed by atoms with Gasteiger partial charge in [0, 0.05) is 18.7 Å². The molecule has 0 aliphatic heterocycles. The van der Waals surface area contributed by atoms with Gasteiger partial charge >= 0.3 is 0 Å². The van der Waals surface area contributed by atoms with Crippen molar-refractivity contribution in [2.75, 3.05) is 19.8 Å². The zero-order chi connectivity index (χ0) is 18.8. The number of rotatable bonds is 12. The van der Waals surface area contributed by atoms with E-state index in [0.717, 1.165) is 12.8 Å². The number of unbranched alkanes of at least 4 members (excludes halogenated alkanes) is 1. The van der Waals surface area contributed by atoms with Crippen LogP contribution in [-0.2, 0) is 6.42 Å². The predicted molar refractivity (Wildman–Crippen MR) is 89.6 cm³/mol. The number of nitrogens with one attached hydrogen (secondary N) is 1. The number of aliphatic hydroxyl groups is 6. The summed E-state index contributed by atoms with van der Waals surface area (Å²) in [6.45, 7) is 1.69. The van der Waals surface area contributed by atoms with Crippen molar-refractivity contribution in [2.45, 2.75) is 56.6 Å². The molecular weight excluding hydrogens is 330 g/mol. The number of aliphatic hydroxyl groups excluding tert-OH is 6. The summed E-state index contributed by atoms with van der Waals surface area (Å²) in [6.07, 6.45) is -0.545. The lowest BCUT2D eigenvalue weighted by molar-refractivity contribution is -0.0790. The van der Waals surface area contributed by atoms with E-state index in [1.165, 1.54) is 12.4 Å². The van der Waals surface area contributed by atoms with Crippen molar-refractivity contribution in [1.29, 1.82) is 0 Å². The van der Waals surface area contributed by atoms with Crippen LogP contribution in [0.2, 0.25) is 0 Å². The Kier molecular flexibility index (Phi) is 9.98. The fourth-order valence-corrected chi connectivity index (χ4v) is 2.28. The molecule has 0 unspecified atom stereocenters. The van der Waals surface area contributed by atoms with Gasteiger partial charge in [-0.3, -0.25) is 9.97 Å². The molecule has 0 aliphatic rings. The third-order valence-electron chi connectivity index (χ3n) is 3.95. The van der Waals surface area contributed by atoms with Crippen LogP contribution in [0.4, 0.5) is 0 Å². The molecule has 0 spiro atoms. The van der Waals surface area contributed by atoms with Gasteiger partial charge in [0.2, 0.25) is 0 Å². The van der Waals surface area contributed by atoms with Gasteiger partial charge < -0.3 is 36.0 Å². The van der Waals surface area contributed by atoms with Gasteiger partial charge in [-0.15, -0.1) is 0 Å². The normalized spacial score (nSPS) is 17.7. The molecule has 0 saturated heterocycles. The first-order chi connectivity index (χ1) is 11.9. The highest BCUT2D eigenvalue weighted by atomic mass is 16.4. The second-order valence-corrected chi connectivity index (χ2v) is 5.99. The average Bonchev–Trinajstić information content (AvgIpc) is 2.65. The first kappa shape index (κ1) is 21.8. The third-order valence-corrected chi connectivity index (χ3v) is 3.95. The minimum atomic E-state index is -1.58. The molecule has 0 fully saturated rings. The minimum absolute atomic E-state index is 0.0574. The van der Waals surface area contributed by atoms with E-state index in [1.807, 2.05) is 0 Å². The molecule has 0 radical (unpaired) electrons. The molecule has 9 nitrogen and oxygen atoms in total. The molecule has 0 saturated carbocycles. The first-order valence-electron chi connectivity index (χ1n) is 8.42. The summed E-state index contributed by atoms with van der Waals surface area (Å²) in [5.41, 5.74) is 0.594. The molecule has 1 rings (SSSR count). The van der Waals surface area contributed by atoms with Gasteiger partial charge in [0.1, 0.15) is 18.3 Å². The monoisotopic (exact) mass is 359 g/mol. The lowest BCUT2D eigenvalue weighted by Crippen LogP contribution is -2.44. The molecule has 1 heterocycles. The summed E-state index contributed by atoms with van der Waals surface area (Å²) in [6, 6.07) is -0.386. The molecule has 9 heteroatoms. The van der Waals surface area contributed by atoms with Gasteiger partial charge in [-0.1, -0.05) is 13.3 Å². The molecule has 5 atom stereocenters. The number of nitrogens with zero attached hydrogens (tertiary/aromatic N) is 2. The van der Waals surface area contributed by atoms with E-state index in [4.69, 9.17) is 10.2 Å². The zero-order valence-electron chi connectivity index (χ0n) is 14.4. The van der Waals surface area contributed by atoms with Crippen LogP contribution in [0, 0.1) is 0 Å². The smallest absolute Gasteiger partial charge is 0.126 e. The van der Waals surface area contributed by atoms with Crippen LogP contribution in [0.5, 0.6) is 0 Å². The van der Waals surface area contributed by atoms with E-state index in [0.29, 0.717) is 18.7 Å². The summed E-state index contributed by atoms with van der Waals surface area (Å²) in [7, 11) is 0. The Hall–Kier alpha value is -1.20. The number of hydrogen-bond acceptors (Lipinski definition) is 9. The van der Waals surface area contributed by atoms with Crippen LogP contribution < -0.4 is 5.32 Å². The summed E-state index contributed by atoms with van der Waals surface area (Å²) in [4.78, 5) is 8.16. The molecule has 0 amide bonds. The Labute approximate surface area is 147 Å².